The number of aromatic nitrogens is 3. The number of hydrogen-bond acceptors (Lipinski definition) is 6. The van der Waals surface area contributed by atoms with Crippen molar-refractivity contribution in [1.82, 2.24) is 19.9 Å². The molecule has 0 spiro atoms. The minimum Gasteiger partial charge on any atom is -0.452 e. The van der Waals surface area contributed by atoms with Crippen molar-refractivity contribution >= 4 is 23.6 Å². The van der Waals surface area contributed by atoms with Crippen LogP contribution in [-0.2, 0) is 20.7 Å². The summed E-state index contributed by atoms with van der Waals surface area (Å²) in [5, 5.41) is 6.35. The summed E-state index contributed by atoms with van der Waals surface area (Å²) in [6, 6.07) is 0.907. The third-order valence-corrected chi connectivity index (χ3v) is 4.23. The van der Waals surface area contributed by atoms with E-state index in [0.29, 0.717) is 6.42 Å². The number of carbonyl (C=O) groups is 3. The summed E-state index contributed by atoms with van der Waals surface area (Å²) in [5.74, 6) is -1.57. The first-order chi connectivity index (χ1) is 12.6. The first-order valence-corrected chi connectivity index (χ1v) is 8.72. The molecule has 0 unspecified atom stereocenters. The lowest BCUT2D eigenvalue weighted by Crippen LogP contribution is -2.45. The lowest BCUT2D eigenvalue weighted by Gasteiger charge is -2.20. The molecule has 0 radical (unpaired) electrons. The molecule has 0 bridgehead atoms. The fraction of sp³-hybridized carbons (Fsp3) is 0.500. The molecule has 0 aliphatic carbocycles. The molecule has 0 fully saturated rings. The van der Waals surface area contributed by atoms with Gasteiger partial charge in [0.05, 0.1) is 5.69 Å². The lowest BCUT2D eigenvalue weighted by molar-refractivity contribution is -0.158. The number of nitrogens with zero attached hydrogens (tertiary/aromatic N) is 3. The number of hydrogen-bond donors (Lipinski definition) is 2. The maximum atomic E-state index is 12.3. The van der Waals surface area contributed by atoms with Gasteiger partial charge in [-0.3, -0.25) is 14.9 Å². The molecule has 1 atom stereocenters. The number of esters is 1. The highest BCUT2D eigenvalue weighted by molar-refractivity contribution is 5.96. The second kappa shape index (κ2) is 8.15. The Balaban J connectivity index is 2.09. The predicted molar refractivity (Wildman–Crippen MR) is 98.0 cm³/mol. The van der Waals surface area contributed by atoms with Crippen LogP contribution >= 0.6 is 0 Å². The number of carbonyl (C=O) groups excluding carboxylic acids is 3. The van der Waals surface area contributed by atoms with Gasteiger partial charge in [0.2, 0.25) is 0 Å². The minimum absolute atomic E-state index is 0.0716. The standard InChI is InChI=1S/C18H25N5O4/c1-9(2)16(17(25)21-18(19)26)27-15(24)7-6-13-11(4)20-14-8-10(3)22-23(14)12(13)5/h8-9,16H,6-7H2,1-5H3,(H3,19,21,25,26)/t16-/m0/s1. The molecule has 9 heteroatoms. The van der Waals surface area contributed by atoms with Gasteiger partial charge in [0.25, 0.3) is 5.91 Å². The highest BCUT2D eigenvalue weighted by Crippen LogP contribution is 2.18. The summed E-state index contributed by atoms with van der Waals surface area (Å²) in [6.45, 7) is 9.12. The lowest BCUT2D eigenvalue weighted by atomic mass is 10.1. The molecule has 3 amide bonds. The van der Waals surface area contributed by atoms with Crippen LogP contribution < -0.4 is 11.1 Å². The zero-order valence-corrected chi connectivity index (χ0v) is 16.2. The number of amides is 3. The molecule has 0 saturated heterocycles. The number of fused-ring (bicyclic) bond motifs is 1. The zero-order chi connectivity index (χ0) is 20.3. The first-order valence-electron chi connectivity index (χ1n) is 8.72. The van der Waals surface area contributed by atoms with Crippen LogP contribution in [0, 0.1) is 26.7 Å². The van der Waals surface area contributed by atoms with Gasteiger partial charge in [-0.15, -0.1) is 0 Å². The van der Waals surface area contributed by atoms with Crippen molar-refractivity contribution in [2.75, 3.05) is 0 Å². The predicted octanol–water partition coefficient (Wildman–Crippen LogP) is 1.35. The number of rotatable bonds is 6. The molecular weight excluding hydrogens is 350 g/mol. The largest absolute Gasteiger partial charge is 0.452 e. The first kappa shape index (κ1) is 20.3. The normalized spacial score (nSPS) is 12.2. The minimum atomic E-state index is -1.08. The van der Waals surface area contributed by atoms with E-state index in [4.69, 9.17) is 10.5 Å². The molecule has 2 aromatic rings. The molecule has 0 saturated carbocycles. The number of imide groups is 1. The van der Waals surface area contributed by atoms with Gasteiger partial charge in [-0.05, 0) is 38.7 Å². The Morgan fingerprint density at radius 1 is 1.26 bits per heavy atom. The Hall–Kier alpha value is -2.97. The topological polar surface area (TPSA) is 129 Å². The summed E-state index contributed by atoms with van der Waals surface area (Å²) in [5.41, 5.74) is 9.21. The number of nitrogens with one attached hydrogen (secondary N) is 1. The number of nitrogens with two attached hydrogens (primary N) is 1. The third-order valence-electron chi connectivity index (χ3n) is 4.23. The van der Waals surface area contributed by atoms with E-state index in [2.05, 4.69) is 10.1 Å². The average molecular weight is 375 g/mol. The Labute approximate surface area is 157 Å². The summed E-state index contributed by atoms with van der Waals surface area (Å²) >= 11 is 0. The van der Waals surface area contributed by atoms with Gasteiger partial charge in [-0.25, -0.2) is 14.3 Å². The molecule has 0 aliphatic heterocycles. The van der Waals surface area contributed by atoms with Crippen molar-refractivity contribution in [3.8, 4) is 0 Å². The highest BCUT2D eigenvalue weighted by Gasteiger charge is 2.27. The van der Waals surface area contributed by atoms with Crippen molar-refractivity contribution in [2.45, 2.75) is 53.6 Å². The summed E-state index contributed by atoms with van der Waals surface area (Å²) in [4.78, 5) is 39.6. The second-order valence-corrected chi connectivity index (χ2v) is 6.82. The molecule has 2 rings (SSSR count). The van der Waals surface area contributed by atoms with Crippen molar-refractivity contribution in [3.05, 3.63) is 28.7 Å². The average Bonchev–Trinajstić information content (AvgIpc) is 2.91. The van der Waals surface area contributed by atoms with E-state index in [-0.39, 0.29) is 12.3 Å². The molecule has 0 aliphatic rings. The fourth-order valence-electron chi connectivity index (χ4n) is 2.92. The van der Waals surface area contributed by atoms with E-state index in [1.54, 1.807) is 18.4 Å². The third kappa shape index (κ3) is 4.81. The fourth-order valence-corrected chi connectivity index (χ4v) is 2.92. The number of primary amides is 1. The van der Waals surface area contributed by atoms with Crippen molar-refractivity contribution in [2.24, 2.45) is 11.7 Å². The van der Waals surface area contributed by atoms with Gasteiger partial charge < -0.3 is 10.5 Å². The van der Waals surface area contributed by atoms with E-state index in [9.17, 15) is 14.4 Å². The molecule has 0 aromatic carbocycles. The smallest absolute Gasteiger partial charge is 0.318 e. The van der Waals surface area contributed by atoms with E-state index in [1.807, 2.05) is 32.2 Å². The number of aryl methyl sites for hydroxylation is 3. The van der Waals surface area contributed by atoms with E-state index in [1.165, 1.54) is 0 Å². The molecule has 9 nitrogen and oxygen atoms in total. The molecule has 2 heterocycles. The monoisotopic (exact) mass is 375 g/mol. The van der Waals surface area contributed by atoms with E-state index < -0.39 is 24.0 Å². The van der Waals surface area contributed by atoms with E-state index >= 15 is 0 Å². The van der Waals surface area contributed by atoms with Crippen LogP contribution in [0.5, 0.6) is 0 Å². The Morgan fingerprint density at radius 2 is 1.93 bits per heavy atom. The summed E-state index contributed by atoms with van der Waals surface area (Å²) in [7, 11) is 0. The summed E-state index contributed by atoms with van der Waals surface area (Å²) in [6.07, 6.45) is -0.607. The molecule has 2 aromatic heterocycles. The molecule has 146 valence electrons. The van der Waals surface area contributed by atoms with Crippen molar-refractivity contribution in [3.63, 3.8) is 0 Å². The van der Waals surface area contributed by atoms with Gasteiger partial charge in [0.15, 0.2) is 11.8 Å². The van der Waals surface area contributed by atoms with Gasteiger partial charge in [0.1, 0.15) is 0 Å². The number of urea groups is 1. The van der Waals surface area contributed by atoms with Gasteiger partial charge >= 0.3 is 12.0 Å². The Kier molecular flexibility index (Phi) is 6.14. The van der Waals surface area contributed by atoms with E-state index in [0.717, 1.165) is 28.3 Å². The summed E-state index contributed by atoms with van der Waals surface area (Å²) < 4.78 is 7.02. The van der Waals surface area contributed by atoms with Gasteiger partial charge in [-0.2, -0.15) is 5.10 Å². The SMILES string of the molecule is Cc1cc2nc(C)c(CCC(=O)O[C@H](C(=O)NC(N)=O)C(C)C)c(C)n2n1. The Morgan fingerprint density at radius 3 is 2.52 bits per heavy atom. The maximum Gasteiger partial charge on any atom is 0.318 e. The van der Waals surface area contributed by atoms with Crippen LogP contribution in [0.25, 0.3) is 5.65 Å². The van der Waals surface area contributed by atoms with Gasteiger partial charge in [-0.1, -0.05) is 13.8 Å². The van der Waals surface area contributed by atoms with Crippen LogP contribution in [0.1, 0.15) is 42.9 Å². The highest BCUT2D eigenvalue weighted by atomic mass is 16.5. The molecular formula is C18H25N5O4. The van der Waals surface area contributed by atoms with Crippen LogP contribution in [0.15, 0.2) is 6.07 Å². The zero-order valence-electron chi connectivity index (χ0n) is 16.2. The molecule has 3 N–H and O–H groups in total. The quantitative estimate of drug-likeness (QED) is 0.733. The van der Waals surface area contributed by atoms with Crippen LogP contribution in [0.2, 0.25) is 0 Å². The number of ether oxygens (including phenoxy) is 1. The second-order valence-electron chi connectivity index (χ2n) is 6.82. The Bertz CT molecular complexity index is 887. The maximum absolute atomic E-state index is 12.3. The van der Waals surface area contributed by atoms with Crippen LogP contribution in [-0.4, -0.2) is 38.6 Å². The van der Waals surface area contributed by atoms with Gasteiger partial charge in [0, 0.05) is 23.9 Å². The van der Waals surface area contributed by atoms with Crippen molar-refractivity contribution < 1.29 is 19.1 Å². The van der Waals surface area contributed by atoms with Crippen LogP contribution in [0.3, 0.4) is 0 Å². The molecule has 27 heavy (non-hydrogen) atoms. The van der Waals surface area contributed by atoms with Crippen LogP contribution in [0.4, 0.5) is 4.79 Å². The van der Waals surface area contributed by atoms with Crippen molar-refractivity contribution in [1.29, 1.82) is 0 Å².